The first kappa shape index (κ1) is 23.0. The topological polar surface area (TPSA) is 9.23 Å². The van der Waals surface area contributed by atoms with Crippen molar-refractivity contribution in [3.63, 3.8) is 0 Å². The maximum absolute atomic E-state index is 6.37. The lowest BCUT2D eigenvalue weighted by Gasteiger charge is -2.23. The second kappa shape index (κ2) is 9.99. The molecule has 0 bridgehead atoms. The average molecular weight is 493 g/mol. The summed E-state index contributed by atoms with van der Waals surface area (Å²) in [5.74, 6) is 0.983. The molecule has 2 aliphatic rings. The molecule has 186 valence electrons. The van der Waals surface area contributed by atoms with E-state index in [1.54, 1.807) is 0 Å². The Morgan fingerprint density at radius 1 is 0.500 bits per heavy atom. The van der Waals surface area contributed by atoms with E-state index in [-0.39, 0.29) is 0 Å². The van der Waals surface area contributed by atoms with Crippen molar-refractivity contribution in [1.29, 1.82) is 0 Å². The number of benzene rings is 5. The molecular weight excluding hydrogens is 460 g/mol. The summed E-state index contributed by atoms with van der Waals surface area (Å²) >= 11 is 0. The van der Waals surface area contributed by atoms with Gasteiger partial charge in [-0.3, -0.25) is 0 Å². The molecule has 7 rings (SSSR count). The van der Waals surface area contributed by atoms with Gasteiger partial charge >= 0.3 is 0 Å². The fraction of sp³-hybridized carbons (Fsp3) is 0.189. The monoisotopic (exact) mass is 492 g/mol. The molecule has 0 aromatic heterocycles. The molecule has 5 aromatic rings. The van der Waals surface area contributed by atoms with Crippen LogP contribution in [0.3, 0.4) is 0 Å². The first-order valence-electron chi connectivity index (χ1n) is 14.0. The molecule has 38 heavy (non-hydrogen) atoms. The summed E-state index contributed by atoms with van der Waals surface area (Å²) in [5, 5.41) is 0. The Kier molecular flexibility index (Phi) is 6.06. The van der Waals surface area contributed by atoms with Crippen LogP contribution >= 0.6 is 0 Å². The minimum absolute atomic E-state index is 0.357. The van der Waals surface area contributed by atoms with E-state index in [0.29, 0.717) is 6.10 Å². The smallest absolute Gasteiger partial charge is 0.119 e. The summed E-state index contributed by atoms with van der Waals surface area (Å²) in [6.07, 6.45) is 7.56. The number of fused-ring (bicyclic) bond motifs is 3. The first-order chi connectivity index (χ1) is 18.8. The van der Waals surface area contributed by atoms with Crippen LogP contribution in [-0.4, -0.2) is 6.10 Å². The number of hydrogen-bond donors (Lipinski definition) is 0. The normalized spacial score (nSPS) is 14.6. The lowest BCUT2D eigenvalue weighted by atomic mass is 9.82. The Morgan fingerprint density at radius 2 is 1.13 bits per heavy atom. The highest BCUT2D eigenvalue weighted by Gasteiger charge is 2.27. The van der Waals surface area contributed by atoms with Crippen LogP contribution in [0.1, 0.15) is 43.2 Å². The van der Waals surface area contributed by atoms with Gasteiger partial charge in [-0.25, -0.2) is 0 Å². The Hall–Kier alpha value is -4.10. The predicted molar refractivity (Wildman–Crippen MR) is 158 cm³/mol. The van der Waals surface area contributed by atoms with Crippen LogP contribution in [0.25, 0.3) is 44.5 Å². The van der Waals surface area contributed by atoms with Gasteiger partial charge in [0.05, 0.1) is 6.10 Å². The Labute approximate surface area is 225 Å². The highest BCUT2D eigenvalue weighted by Crippen LogP contribution is 2.50. The lowest BCUT2D eigenvalue weighted by molar-refractivity contribution is 0.155. The zero-order valence-corrected chi connectivity index (χ0v) is 21.7. The van der Waals surface area contributed by atoms with Gasteiger partial charge in [0.15, 0.2) is 0 Å². The van der Waals surface area contributed by atoms with Crippen LogP contribution < -0.4 is 4.74 Å². The van der Waals surface area contributed by atoms with Gasteiger partial charge in [-0.15, -0.1) is 0 Å². The van der Waals surface area contributed by atoms with Gasteiger partial charge in [-0.1, -0.05) is 103 Å². The van der Waals surface area contributed by atoms with E-state index in [9.17, 15) is 0 Å². The molecule has 0 saturated heterocycles. The van der Waals surface area contributed by atoms with E-state index >= 15 is 0 Å². The molecule has 0 spiro atoms. The summed E-state index contributed by atoms with van der Waals surface area (Å²) in [4.78, 5) is 0. The molecule has 2 aliphatic carbocycles. The summed E-state index contributed by atoms with van der Waals surface area (Å²) in [6, 6.07) is 42.0. The minimum atomic E-state index is 0.357. The molecule has 5 aromatic carbocycles. The van der Waals surface area contributed by atoms with Crippen molar-refractivity contribution < 1.29 is 4.74 Å². The number of hydrogen-bond acceptors (Lipinski definition) is 1. The van der Waals surface area contributed by atoms with E-state index in [2.05, 4.69) is 115 Å². The van der Waals surface area contributed by atoms with Gasteiger partial charge in [0, 0.05) is 0 Å². The van der Waals surface area contributed by atoms with Crippen LogP contribution in [0, 0.1) is 0 Å². The molecule has 0 radical (unpaired) electrons. The SMILES string of the molecule is c1ccc(-c2c(-c3ccc(OC4CCCCC4)cc3)cc3c(c2-c2ccccc2)Cc2ccccc2-3)cc1. The van der Waals surface area contributed by atoms with Crippen molar-refractivity contribution in [2.45, 2.75) is 44.6 Å². The number of ether oxygens (including phenoxy) is 1. The summed E-state index contributed by atoms with van der Waals surface area (Å²) in [5.41, 5.74) is 13.2. The molecule has 1 heteroatoms. The third-order valence-corrected chi connectivity index (χ3v) is 8.25. The third kappa shape index (κ3) is 4.23. The zero-order valence-electron chi connectivity index (χ0n) is 21.7. The maximum atomic E-state index is 6.37. The van der Waals surface area contributed by atoms with Crippen LogP contribution in [-0.2, 0) is 6.42 Å². The summed E-state index contributed by atoms with van der Waals surface area (Å²) in [7, 11) is 0. The predicted octanol–water partition coefficient (Wildman–Crippen LogP) is 9.97. The van der Waals surface area contributed by atoms with Crippen molar-refractivity contribution in [3.8, 4) is 50.3 Å². The van der Waals surface area contributed by atoms with Gasteiger partial charge in [-0.2, -0.15) is 0 Å². The first-order valence-corrected chi connectivity index (χ1v) is 14.0. The van der Waals surface area contributed by atoms with Gasteiger partial charge < -0.3 is 4.74 Å². The van der Waals surface area contributed by atoms with E-state index in [1.807, 2.05) is 0 Å². The van der Waals surface area contributed by atoms with Gasteiger partial charge in [0.1, 0.15) is 5.75 Å². The van der Waals surface area contributed by atoms with Crippen LogP contribution in [0.2, 0.25) is 0 Å². The average Bonchev–Trinajstić information content (AvgIpc) is 3.36. The van der Waals surface area contributed by atoms with E-state index in [0.717, 1.165) is 12.2 Å². The van der Waals surface area contributed by atoms with Crippen molar-refractivity contribution >= 4 is 0 Å². The quantitative estimate of drug-likeness (QED) is 0.233. The Balaban J connectivity index is 1.43. The van der Waals surface area contributed by atoms with E-state index in [4.69, 9.17) is 4.74 Å². The molecular formula is C37H32O. The second-order valence-electron chi connectivity index (χ2n) is 10.7. The standard InChI is InChI=1S/C37H32O/c1-4-12-27(13-5-1)36-33(26-20-22-31(23-21-26)38-30-17-8-3-9-18-30)25-34-32-19-11-10-16-29(32)24-35(34)37(36)28-14-6-2-7-15-28/h1-2,4-7,10-16,19-23,25,30H,3,8-9,17-18,24H2. The molecule has 0 N–H and O–H groups in total. The minimum Gasteiger partial charge on any atom is -0.490 e. The molecule has 0 amide bonds. The molecule has 0 aliphatic heterocycles. The van der Waals surface area contributed by atoms with Gasteiger partial charge in [-0.05, 0) is 106 Å². The highest BCUT2D eigenvalue weighted by atomic mass is 16.5. The van der Waals surface area contributed by atoms with E-state index in [1.165, 1.54) is 87.7 Å². The molecule has 0 heterocycles. The van der Waals surface area contributed by atoms with Gasteiger partial charge in [0.25, 0.3) is 0 Å². The zero-order chi connectivity index (χ0) is 25.3. The van der Waals surface area contributed by atoms with Gasteiger partial charge in [0.2, 0.25) is 0 Å². The Morgan fingerprint density at radius 3 is 1.84 bits per heavy atom. The Bertz CT molecular complexity index is 1560. The molecule has 0 unspecified atom stereocenters. The van der Waals surface area contributed by atoms with E-state index < -0.39 is 0 Å². The maximum Gasteiger partial charge on any atom is 0.119 e. The fourth-order valence-corrected chi connectivity index (χ4v) is 6.42. The molecule has 1 nitrogen and oxygen atoms in total. The molecule has 1 fully saturated rings. The van der Waals surface area contributed by atoms with Crippen molar-refractivity contribution in [1.82, 2.24) is 0 Å². The van der Waals surface area contributed by atoms with Crippen LogP contribution in [0.5, 0.6) is 5.75 Å². The molecule has 0 atom stereocenters. The van der Waals surface area contributed by atoms with Crippen molar-refractivity contribution in [2.24, 2.45) is 0 Å². The van der Waals surface area contributed by atoms with Crippen molar-refractivity contribution in [3.05, 3.63) is 126 Å². The highest BCUT2D eigenvalue weighted by molar-refractivity contribution is 6.01. The third-order valence-electron chi connectivity index (χ3n) is 8.25. The summed E-state index contributed by atoms with van der Waals surface area (Å²) < 4.78 is 6.37. The fourth-order valence-electron chi connectivity index (χ4n) is 6.42. The largest absolute Gasteiger partial charge is 0.490 e. The lowest BCUT2D eigenvalue weighted by Crippen LogP contribution is -2.19. The number of rotatable bonds is 5. The van der Waals surface area contributed by atoms with Crippen LogP contribution in [0.15, 0.2) is 115 Å². The van der Waals surface area contributed by atoms with Crippen LogP contribution in [0.4, 0.5) is 0 Å². The van der Waals surface area contributed by atoms with Crippen molar-refractivity contribution in [2.75, 3.05) is 0 Å². The second-order valence-corrected chi connectivity index (χ2v) is 10.7. The molecule has 1 saturated carbocycles. The summed E-state index contributed by atoms with van der Waals surface area (Å²) in [6.45, 7) is 0.